The molecule has 0 saturated heterocycles. The van der Waals surface area contributed by atoms with Gasteiger partial charge >= 0.3 is 5.97 Å². The predicted octanol–water partition coefficient (Wildman–Crippen LogP) is 0.785. The van der Waals surface area contributed by atoms with Gasteiger partial charge in [-0.25, -0.2) is 8.42 Å². The van der Waals surface area contributed by atoms with Crippen molar-refractivity contribution in [1.82, 2.24) is 10.2 Å². The van der Waals surface area contributed by atoms with Crippen LogP contribution in [0.25, 0.3) is 0 Å². The summed E-state index contributed by atoms with van der Waals surface area (Å²) in [5.74, 6) is -0.555. The maximum atomic E-state index is 12.1. The van der Waals surface area contributed by atoms with Crippen molar-refractivity contribution in [3.8, 4) is 5.88 Å². The van der Waals surface area contributed by atoms with E-state index in [-0.39, 0.29) is 16.6 Å². The van der Waals surface area contributed by atoms with E-state index in [1.165, 1.54) is 43.3 Å². The minimum atomic E-state index is -3.78. The van der Waals surface area contributed by atoms with Gasteiger partial charge in [-0.2, -0.15) is 0 Å². The van der Waals surface area contributed by atoms with Gasteiger partial charge in [0.15, 0.2) is 5.82 Å². The molecule has 0 atom stereocenters. The lowest BCUT2D eigenvalue weighted by Crippen LogP contribution is -2.14. The van der Waals surface area contributed by atoms with Crippen LogP contribution in [0.5, 0.6) is 5.88 Å². The zero-order valence-corrected chi connectivity index (χ0v) is 11.8. The molecule has 0 aliphatic carbocycles. The monoisotopic (exact) mass is 308 g/mol. The van der Waals surface area contributed by atoms with Crippen LogP contribution < -0.4 is 15.2 Å². The highest BCUT2D eigenvalue weighted by molar-refractivity contribution is 7.92. The Balaban J connectivity index is 2.16. The van der Waals surface area contributed by atoms with Gasteiger partial charge < -0.3 is 10.5 Å². The van der Waals surface area contributed by atoms with Gasteiger partial charge in [-0.05, 0) is 30.3 Å². The summed E-state index contributed by atoms with van der Waals surface area (Å²) in [6, 6.07) is 8.36. The van der Waals surface area contributed by atoms with Crippen molar-refractivity contribution in [2.45, 2.75) is 11.8 Å². The lowest BCUT2D eigenvalue weighted by atomic mass is 10.3. The highest BCUT2D eigenvalue weighted by Crippen LogP contribution is 2.16. The fourth-order valence-corrected chi connectivity index (χ4v) is 2.42. The summed E-state index contributed by atoms with van der Waals surface area (Å²) in [6.45, 7) is 1.22. The molecule has 8 nitrogen and oxygen atoms in total. The smallest absolute Gasteiger partial charge is 0.309 e. The lowest BCUT2D eigenvalue weighted by Gasteiger charge is -2.07. The Hall–Kier alpha value is -2.68. The van der Waals surface area contributed by atoms with Crippen LogP contribution in [0.3, 0.4) is 0 Å². The maximum absolute atomic E-state index is 12.1. The van der Waals surface area contributed by atoms with Gasteiger partial charge in [-0.15, -0.1) is 10.2 Å². The maximum Gasteiger partial charge on any atom is 0.309 e. The fourth-order valence-electron chi connectivity index (χ4n) is 1.42. The molecule has 0 amide bonds. The zero-order valence-electron chi connectivity index (χ0n) is 11.0. The number of nitrogens with two attached hydrogens (primary N) is 1. The molecule has 2 aromatic rings. The second kappa shape index (κ2) is 5.75. The van der Waals surface area contributed by atoms with Crippen LogP contribution in [0.2, 0.25) is 0 Å². The van der Waals surface area contributed by atoms with E-state index < -0.39 is 16.0 Å². The Morgan fingerprint density at radius 3 is 2.33 bits per heavy atom. The molecule has 0 radical (unpaired) electrons. The first kappa shape index (κ1) is 14.7. The molecule has 21 heavy (non-hydrogen) atoms. The highest BCUT2D eigenvalue weighted by atomic mass is 32.2. The van der Waals surface area contributed by atoms with Crippen LogP contribution in [-0.4, -0.2) is 24.6 Å². The Labute approximate surface area is 121 Å². The van der Waals surface area contributed by atoms with E-state index >= 15 is 0 Å². The summed E-state index contributed by atoms with van der Waals surface area (Å²) in [5, 5.41) is 7.19. The Bertz CT molecular complexity index is 742. The van der Waals surface area contributed by atoms with Crippen LogP contribution in [-0.2, 0) is 14.8 Å². The molecule has 2 rings (SSSR count). The summed E-state index contributed by atoms with van der Waals surface area (Å²) in [5.41, 5.74) is 5.96. The summed E-state index contributed by atoms with van der Waals surface area (Å²) in [4.78, 5) is 10.8. The number of hydrogen-bond acceptors (Lipinski definition) is 7. The molecule has 0 unspecified atom stereocenters. The number of nitrogen functional groups attached to an aromatic ring is 1. The van der Waals surface area contributed by atoms with Crippen molar-refractivity contribution in [2.24, 2.45) is 0 Å². The first-order valence-corrected chi connectivity index (χ1v) is 7.26. The van der Waals surface area contributed by atoms with Crippen molar-refractivity contribution < 1.29 is 17.9 Å². The SMILES string of the molecule is CC(=O)Oc1ccc(NS(=O)(=O)c2ccc(N)cc2)nn1. The number of carbonyl (C=O) groups excluding carboxylic acids is 1. The van der Waals surface area contributed by atoms with Gasteiger partial charge in [0.1, 0.15) is 0 Å². The van der Waals surface area contributed by atoms with Crippen molar-refractivity contribution in [3.63, 3.8) is 0 Å². The fraction of sp³-hybridized carbons (Fsp3) is 0.0833. The summed E-state index contributed by atoms with van der Waals surface area (Å²) < 4.78 is 31.1. The minimum Gasteiger partial charge on any atom is -0.406 e. The van der Waals surface area contributed by atoms with Crippen LogP contribution in [0.15, 0.2) is 41.3 Å². The Morgan fingerprint density at radius 2 is 1.81 bits per heavy atom. The van der Waals surface area contributed by atoms with E-state index in [4.69, 9.17) is 10.5 Å². The number of hydrogen-bond donors (Lipinski definition) is 2. The zero-order chi connectivity index (χ0) is 15.5. The average Bonchev–Trinajstić information content (AvgIpc) is 2.40. The summed E-state index contributed by atoms with van der Waals surface area (Å²) >= 11 is 0. The number of carbonyl (C=O) groups is 1. The van der Waals surface area contributed by atoms with E-state index in [1.54, 1.807) is 0 Å². The molecule has 3 N–H and O–H groups in total. The molecular weight excluding hydrogens is 296 g/mol. The van der Waals surface area contributed by atoms with Crippen molar-refractivity contribution >= 4 is 27.5 Å². The van der Waals surface area contributed by atoms with Crippen LogP contribution in [0.4, 0.5) is 11.5 Å². The number of benzene rings is 1. The van der Waals surface area contributed by atoms with Crippen molar-refractivity contribution in [1.29, 1.82) is 0 Å². The van der Waals surface area contributed by atoms with Gasteiger partial charge in [0.25, 0.3) is 10.0 Å². The van der Waals surface area contributed by atoms with E-state index in [0.29, 0.717) is 5.69 Å². The molecule has 110 valence electrons. The van der Waals surface area contributed by atoms with Gasteiger partial charge in [0, 0.05) is 18.7 Å². The van der Waals surface area contributed by atoms with Crippen molar-refractivity contribution in [2.75, 3.05) is 10.5 Å². The molecule has 0 aliphatic heterocycles. The molecule has 0 fully saturated rings. The molecule has 0 bridgehead atoms. The van der Waals surface area contributed by atoms with Crippen molar-refractivity contribution in [3.05, 3.63) is 36.4 Å². The van der Waals surface area contributed by atoms with Gasteiger partial charge in [-0.1, -0.05) is 0 Å². The summed E-state index contributed by atoms with van der Waals surface area (Å²) in [7, 11) is -3.78. The van der Waals surface area contributed by atoms with Crippen LogP contribution in [0.1, 0.15) is 6.92 Å². The third-order valence-electron chi connectivity index (χ3n) is 2.32. The largest absolute Gasteiger partial charge is 0.406 e. The van der Waals surface area contributed by atoms with E-state index in [0.717, 1.165) is 0 Å². The first-order valence-electron chi connectivity index (χ1n) is 5.77. The minimum absolute atomic E-state index is 0.00253. The highest BCUT2D eigenvalue weighted by Gasteiger charge is 2.15. The Morgan fingerprint density at radius 1 is 1.14 bits per heavy atom. The topological polar surface area (TPSA) is 124 Å². The molecule has 1 aromatic heterocycles. The number of ether oxygens (including phenoxy) is 1. The second-order valence-electron chi connectivity index (χ2n) is 4.02. The van der Waals surface area contributed by atoms with E-state index in [9.17, 15) is 13.2 Å². The number of aromatic nitrogens is 2. The number of sulfonamides is 1. The molecule has 1 aromatic carbocycles. The molecular formula is C12H12N4O4S. The molecule has 0 spiro atoms. The lowest BCUT2D eigenvalue weighted by molar-refractivity contribution is -0.132. The van der Waals surface area contributed by atoms with Crippen LogP contribution >= 0.6 is 0 Å². The van der Waals surface area contributed by atoms with E-state index in [1.807, 2.05) is 0 Å². The Kier molecular flexibility index (Phi) is 4.03. The van der Waals surface area contributed by atoms with Crippen LogP contribution in [0, 0.1) is 0 Å². The summed E-state index contributed by atoms with van der Waals surface area (Å²) in [6.07, 6.45) is 0. The van der Waals surface area contributed by atoms with Gasteiger partial charge in [0.05, 0.1) is 4.90 Å². The standard InChI is InChI=1S/C12H12N4O4S/c1-8(17)20-12-7-6-11(14-15-12)16-21(18,19)10-4-2-9(13)3-5-10/h2-7H,13H2,1H3,(H,14,16). The molecule has 9 heteroatoms. The second-order valence-corrected chi connectivity index (χ2v) is 5.71. The first-order chi connectivity index (χ1) is 9.87. The number of rotatable bonds is 4. The third kappa shape index (κ3) is 3.89. The van der Waals surface area contributed by atoms with Gasteiger partial charge in [-0.3, -0.25) is 9.52 Å². The quantitative estimate of drug-likeness (QED) is 0.631. The molecule has 0 saturated carbocycles. The normalized spacial score (nSPS) is 10.9. The van der Waals surface area contributed by atoms with E-state index in [2.05, 4.69) is 14.9 Å². The number of nitrogens with one attached hydrogen (secondary N) is 1. The number of nitrogens with zero attached hydrogens (tertiary/aromatic N) is 2. The third-order valence-corrected chi connectivity index (χ3v) is 3.69. The molecule has 1 heterocycles. The average molecular weight is 308 g/mol. The van der Waals surface area contributed by atoms with Gasteiger partial charge in [0.2, 0.25) is 5.88 Å². The number of anilines is 2. The number of esters is 1. The molecule has 0 aliphatic rings. The predicted molar refractivity (Wildman–Crippen MR) is 75.0 cm³/mol.